The third-order valence-electron chi connectivity index (χ3n) is 11.6. The van der Waals surface area contributed by atoms with Crippen LogP contribution in [-0.2, 0) is 14.3 Å². The number of nitrogens with one attached hydrogen (secondary N) is 3. The molecule has 3 amide bonds. The average Bonchev–Trinajstić information content (AvgIpc) is 3.13. The van der Waals surface area contributed by atoms with E-state index in [1.165, 1.54) is 0 Å². The average molecular weight is 669 g/mol. The van der Waals surface area contributed by atoms with E-state index in [9.17, 15) is 19.2 Å². The van der Waals surface area contributed by atoms with Crippen LogP contribution < -0.4 is 20.6 Å². The Morgan fingerprint density at radius 1 is 0.917 bits per heavy atom. The Kier molecular flexibility index (Phi) is 13.1. The SMILES string of the molecule is CC1C(C)C(C)C(/C=C/CC(CNC(=O)NCC2(C)CC(=[N+]=C=O)CC(C)(C)C2)OC(=O)NC2CC(C)(C)CC(C)(CN=C=O)C2)C1C. The predicted octanol–water partition coefficient (Wildman–Crippen LogP) is 6.48. The van der Waals surface area contributed by atoms with E-state index in [1.807, 2.05) is 0 Å². The third kappa shape index (κ3) is 11.2. The number of hydrogen-bond donors (Lipinski definition) is 3. The minimum absolute atomic E-state index is 0.0453. The Labute approximate surface area is 288 Å². The molecule has 268 valence electrons. The normalized spacial score (nSPS) is 34.7. The first-order valence-electron chi connectivity index (χ1n) is 17.9. The van der Waals surface area contributed by atoms with Gasteiger partial charge in [0.25, 0.3) is 5.71 Å². The molecule has 0 saturated heterocycles. The lowest BCUT2D eigenvalue weighted by atomic mass is 9.62. The lowest BCUT2D eigenvalue weighted by Crippen LogP contribution is -2.50. The molecule has 10 heteroatoms. The van der Waals surface area contributed by atoms with Crippen LogP contribution in [0.5, 0.6) is 0 Å². The number of alkyl carbamates (subject to hydrolysis) is 1. The van der Waals surface area contributed by atoms with Gasteiger partial charge < -0.3 is 20.7 Å². The Morgan fingerprint density at radius 2 is 1.56 bits per heavy atom. The van der Waals surface area contributed by atoms with Gasteiger partial charge in [-0.05, 0) is 76.9 Å². The number of carbonyl (C=O) groups excluding carboxylic acids is 4. The van der Waals surface area contributed by atoms with Crippen molar-refractivity contribution in [2.75, 3.05) is 19.6 Å². The minimum Gasteiger partial charge on any atom is -0.444 e. The van der Waals surface area contributed by atoms with E-state index in [2.05, 4.69) is 107 Å². The number of rotatable bonds is 11. The van der Waals surface area contributed by atoms with Crippen LogP contribution in [-0.4, -0.2) is 61.8 Å². The quantitative estimate of drug-likeness (QED) is 0.100. The molecular formula is C38H62N5O5+. The Morgan fingerprint density at radius 3 is 2.19 bits per heavy atom. The molecule has 0 aliphatic heterocycles. The summed E-state index contributed by atoms with van der Waals surface area (Å²) in [5, 5.41) is 9.03. The molecule has 3 aliphatic rings. The zero-order valence-corrected chi connectivity index (χ0v) is 31.2. The summed E-state index contributed by atoms with van der Waals surface area (Å²) in [6, 6.07) is -0.464. The van der Waals surface area contributed by atoms with Gasteiger partial charge in [-0.25, -0.2) is 19.4 Å². The number of ether oxygens (including phenoxy) is 1. The molecule has 10 nitrogen and oxygen atoms in total. The number of nitrogens with zero attached hydrogens (tertiary/aromatic N) is 2. The first-order valence-corrected chi connectivity index (χ1v) is 17.9. The molecule has 0 aromatic rings. The fourth-order valence-electron chi connectivity index (χ4n) is 9.70. The van der Waals surface area contributed by atoms with Crippen LogP contribution in [0.25, 0.3) is 0 Å². The van der Waals surface area contributed by atoms with Crippen molar-refractivity contribution in [3.63, 3.8) is 0 Å². The summed E-state index contributed by atoms with van der Waals surface area (Å²) in [6.45, 7) is 23.0. The number of amides is 3. The first kappa shape index (κ1) is 39.3. The number of urea groups is 1. The molecule has 8 atom stereocenters. The van der Waals surface area contributed by atoms with Crippen molar-refractivity contribution in [2.45, 2.75) is 126 Å². The van der Waals surface area contributed by atoms with Crippen LogP contribution in [0, 0.1) is 51.2 Å². The maximum Gasteiger partial charge on any atom is 0.567 e. The largest absolute Gasteiger partial charge is 0.567 e. The van der Waals surface area contributed by atoms with E-state index in [0.29, 0.717) is 61.9 Å². The number of aliphatic imine (C=N–C) groups is 1. The molecule has 3 rings (SSSR count). The van der Waals surface area contributed by atoms with Crippen LogP contribution in [0.2, 0.25) is 0 Å². The Hall–Kier alpha value is -3.18. The summed E-state index contributed by atoms with van der Waals surface area (Å²) in [7, 11) is 0. The maximum atomic E-state index is 13.3. The first-order chi connectivity index (χ1) is 22.3. The zero-order chi connectivity index (χ0) is 35.9. The molecule has 0 bridgehead atoms. The molecule has 3 saturated carbocycles. The smallest absolute Gasteiger partial charge is 0.444 e. The molecule has 48 heavy (non-hydrogen) atoms. The monoisotopic (exact) mass is 668 g/mol. The predicted molar refractivity (Wildman–Crippen MR) is 190 cm³/mol. The molecule has 3 aliphatic carbocycles. The third-order valence-corrected chi connectivity index (χ3v) is 11.6. The van der Waals surface area contributed by atoms with Gasteiger partial charge in [0.1, 0.15) is 6.10 Å². The molecule has 0 aromatic heterocycles. The molecule has 3 N–H and O–H groups in total. The Bertz CT molecular complexity index is 1310. The van der Waals surface area contributed by atoms with E-state index < -0.39 is 12.2 Å². The van der Waals surface area contributed by atoms with E-state index >= 15 is 0 Å². The van der Waals surface area contributed by atoms with Crippen LogP contribution in [0.3, 0.4) is 0 Å². The van der Waals surface area contributed by atoms with E-state index in [1.54, 1.807) is 12.2 Å². The second-order valence-corrected chi connectivity index (χ2v) is 17.9. The van der Waals surface area contributed by atoms with Crippen molar-refractivity contribution in [1.82, 2.24) is 20.6 Å². The summed E-state index contributed by atoms with van der Waals surface area (Å²) in [5.41, 5.74) is 0.233. The summed E-state index contributed by atoms with van der Waals surface area (Å²) in [4.78, 5) is 52.0. The molecule has 0 radical (unpaired) electrons. The van der Waals surface area contributed by atoms with Gasteiger partial charge in [0.2, 0.25) is 6.08 Å². The highest BCUT2D eigenvalue weighted by molar-refractivity contribution is 5.86. The highest BCUT2D eigenvalue weighted by Gasteiger charge is 2.45. The highest BCUT2D eigenvalue weighted by atomic mass is 16.6. The van der Waals surface area contributed by atoms with Gasteiger partial charge in [-0.1, -0.05) is 81.4 Å². The van der Waals surface area contributed by atoms with Gasteiger partial charge in [0.05, 0.1) is 25.9 Å². The highest BCUT2D eigenvalue weighted by Crippen LogP contribution is 2.47. The maximum absolute atomic E-state index is 13.3. The molecule has 8 unspecified atom stereocenters. The van der Waals surface area contributed by atoms with E-state index in [4.69, 9.17) is 4.74 Å². The van der Waals surface area contributed by atoms with Crippen LogP contribution in [0.15, 0.2) is 17.1 Å². The van der Waals surface area contributed by atoms with Gasteiger partial charge in [0.15, 0.2) is 0 Å². The number of hydrogen-bond acceptors (Lipinski definition) is 6. The van der Waals surface area contributed by atoms with Gasteiger partial charge in [0, 0.05) is 23.7 Å². The summed E-state index contributed by atoms with van der Waals surface area (Å²) < 4.78 is 9.92. The van der Waals surface area contributed by atoms with Crippen molar-refractivity contribution >= 4 is 30.0 Å². The molecule has 0 aromatic carbocycles. The fourth-order valence-corrected chi connectivity index (χ4v) is 9.70. The fraction of sp³-hybridized carbons (Fsp3) is 0.816. The summed E-state index contributed by atoms with van der Waals surface area (Å²) >= 11 is 0. The minimum atomic E-state index is -0.567. The molecular weight excluding hydrogens is 606 g/mol. The van der Waals surface area contributed by atoms with Crippen molar-refractivity contribution in [1.29, 1.82) is 0 Å². The van der Waals surface area contributed by atoms with Gasteiger partial charge in [-0.3, -0.25) is 0 Å². The number of isocyanates is 2. The lowest BCUT2D eigenvalue weighted by molar-refractivity contribution is 0.0607. The Balaban J connectivity index is 1.66. The van der Waals surface area contributed by atoms with Gasteiger partial charge in [-0.15, -0.1) is 4.79 Å². The van der Waals surface area contributed by atoms with Crippen molar-refractivity contribution in [3.8, 4) is 0 Å². The second-order valence-electron chi connectivity index (χ2n) is 17.9. The molecule has 0 spiro atoms. The number of allylic oxidation sites excluding steroid dienone is 1. The summed E-state index contributed by atoms with van der Waals surface area (Å²) in [5.74, 6) is 2.84. The molecule has 3 fully saturated rings. The second kappa shape index (κ2) is 16.0. The zero-order valence-electron chi connectivity index (χ0n) is 31.2. The van der Waals surface area contributed by atoms with Crippen LogP contribution in [0.1, 0.15) is 114 Å². The van der Waals surface area contributed by atoms with Crippen LogP contribution in [0.4, 0.5) is 9.59 Å². The van der Waals surface area contributed by atoms with Gasteiger partial charge in [-0.2, -0.15) is 0 Å². The van der Waals surface area contributed by atoms with E-state index in [0.717, 1.165) is 31.4 Å². The topological polar surface area (TPSA) is 140 Å². The number of carbonyl (C=O) groups is 2. The van der Waals surface area contributed by atoms with Crippen molar-refractivity contribution in [2.24, 2.45) is 56.2 Å². The van der Waals surface area contributed by atoms with Gasteiger partial charge >= 0.3 is 18.2 Å². The van der Waals surface area contributed by atoms with E-state index in [-0.39, 0.29) is 40.3 Å². The van der Waals surface area contributed by atoms with Crippen LogP contribution >= 0.6 is 0 Å². The van der Waals surface area contributed by atoms with Crippen molar-refractivity contribution in [3.05, 3.63) is 12.2 Å². The summed E-state index contributed by atoms with van der Waals surface area (Å²) in [6.07, 6.45) is 11.7. The molecule has 0 heterocycles. The van der Waals surface area contributed by atoms with Crippen molar-refractivity contribution < 1.29 is 23.9 Å². The standard InChI is InChI=1S/C38H61N5O5/c1-25-26(2)28(4)32(27(25)3)13-11-12-31(48-34(47)43-30-15-36(7,8)19-37(9,17-30)21-39-23-44)18-40-33(46)41-22-38(10)16-29(42-24-45)14-35(5,6)20-38/h11,13,25-28,30-32H,12,14-22H2,1-10H3,(H2-,40,41,43,46,47)/p+1/b13-11+. The lowest BCUT2D eigenvalue weighted by Gasteiger charge is -2.45.